The average molecular weight is 471 g/mol. The number of nitrogens with zero attached hydrogens (tertiary/aromatic N) is 4. The summed E-state index contributed by atoms with van der Waals surface area (Å²) in [6, 6.07) is 3.35. The van der Waals surface area contributed by atoms with Crippen LogP contribution in [0.1, 0.15) is 62.4 Å². The molecule has 34 heavy (non-hydrogen) atoms. The molecule has 0 bridgehead atoms. The summed E-state index contributed by atoms with van der Waals surface area (Å²) < 4.78 is 0. The zero-order valence-corrected chi connectivity index (χ0v) is 19.8. The van der Waals surface area contributed by atoms with E-state index in [1.165, 1.54) is 0 Å². The lowest BCUT2D eigenvalue weighted by molar-refractivity contribution is -0.140. The Morgan fingerprint density at radius 2 is 1.85 bits per heavy atom. The molecule has 0 aliphatic carbocycles. The Bertz CT molecular complexity index is 915. The summed E-state index contributed by atoms with van der Waals surface area (Å²) in [5, 5.41) is 13.7. The van der Waals surface area contributed by atoms with Crippen molar-refractivity contribution in [2.45, 2.75) is 57.9 Å². The molecule has 1 aromatic rings. The van der Waals surface area contributed by atoms with E-state index in [-0.39, 0.29) is 42.1 Å². The van der Waals surface area contributed by atoms with E-state index in [0.29, 0.717) is 51.1 Å². The van der Waals surface area contributed by atoms with E-state index in [2.05, 4.69) is 20.8 Å². The monoisotopic (exact) mass is 470 g/mol. The van der Waals surface area contributed by atoms with Crippen molar-refractivity contribution in [2.75, 3.05) is 32.7 Å². The van der Waals surface area contributed by atoms with Gasteiger partial charge >= 0.3 is 0 Å². The number of piperidine rings is 2. The third kappa shape index (κ3) is 5.37. The number of aromatic nitrogens is 2. The van der Waals surface area contributed by atoms with Gasteiger partial charge in [0.25, 0.3) is 5.91 Å². The standard InChI is InChI=1S/C24H34N6O4/c1-17(31)29-13-9-24(10-14-29)8-3-2-5-18-16-30(22(33)20-6-4-11-26-28-20)12-7-19(18)27-21(32)15-25-23(24)34/h4,6,11,18-19H,2-3,5,7-10,12-16H2,1H3,(H,25,34)(H,27,32)/t18-,19+/m0/s1. The molecule has 4 amide bonds. The molecule has 3 aliphatic heterocycles. The van der Waals surface area contributed by atoms with E-state index in [1.54, 1.807) is 30.2 Å². The van der Waals surface area contributed by atoms with Gasteiger partial charge in [-0.3, -0.25) is 19.2 Å². The van der Waals surface area contributed by atoms with E-state index in [4.69, 9.17) is 0 Å². The number of carbonyl (C=O) groups is 4. The van der Waals surface area contributed by atoms with Crippen LogP contribution in [0.4, 0.5) is 0 Å². The molecule has 4 heterocycles. The maximum absolute atomic E-state index is 13.1. The van der Waals surface area contributed by atoms with Crippen LogP contribution in [0.5, 0.6) is 0 Å². The van der Waals surface area contributed by atoms with Gasteiger partial charge in [0.2, 0.25) is 17.7 Å². The molecule has 10 nitrogen and oxygen atoms in total. The molecular weight excluding hydrogens is 436 g/mol. The predicted molar refractivity (Wildman–Crippen MR) is 123 cm³/mol. The van der Waals surface area contributed by atoms with Gasteiger partial charge in [0.05, 0.1) is 12.0 Å². The Hall–Kier alpha value is -3.04. The van der Waals surface area contributed by atoms with Crippen LogP contribution in [-0.4, -0.2) is 82.4 Å². The Balaban J connectivity index is 1.42. The summed E-state index contributed by atoms with van der Waals surface area (Å²) in [6.45, 7) is 3.74. The van der Waals surface area contributed by atoms with Crippen LogP contribution < -0.4 is 10.6 Å². The van der Waals surface area contributed by atoms with Crippen LogP contribution >= 0.6 is 0 Å². The second kappa shape index (κ2) is 10.5. The summed E-state index contributed by atoms with van der Waals surface area (Å²) in [7, 11) is 0. The summed E-state index contributed by atoms with van der Waals surface area (Å²) in [5.41, 5.74) is -0.203. The molecule has 3 aliphatic rings. The molecule has 0 radical (unpaired) electrons. The van der Waals surface area contributed by atoms with E-state index >= 15 is 0 Å². The fourth-order valence-electron chi connectivity index (χ4n) is 5.59. The lowest BCUT2D eigenvalue weighted by Crippen LogP contribution is -2.55. The number of amides is 4. The smallest absolute Gasteiger partial charge is 0.274 e. The van der Waals surface area contributed by atoms with Gasteiger partial charge in [-0.2, -0.15) is 5.10 Å². The molecule has 0 saturated carbocycles. The Morgan fingerprint density at radius 1 is 1.06 bits per heavy atom. The maximum atomic E-state index is 13.1. The largest absolute Gasteiger partial charge is 0.351 e. The van der Waals surface area contributed by atoms with Crippen LogP contribution in [0, 0.1) is 11.3 Å². The van der Waals surface area contributed by atoms with Crippen molar-refractivity contribution < 1.29 is 19.2 Å². The van der Waals surface area contributed by atoms with Crippen LogP contribution in [0.3, 0.4) is 0 Å². The number of hydrogen-bond donors (Lipinski definition) is 2. The highest BCUT2D eigenvalue weighted by atomic mass is 16.2. The van der Waals surface area contributed by atoms with Gasteiger partial charge < -0.3 is 20.4 Å². The van der Waals surface area contributed by atoms with Crippen LogP contribution in [-0.2, 0) is 14.4 Å². The van der Waals surface area contributed by atoms with Crippen LogP contribution in [0.2, 0.25) is 0 Å². The first-order valence-electron chi connectivity index (χ1n) is 12.3. The van der Waals surface area contributed by atoms with Crippen molar-refractivity contribution in [3.05, 3.63) is 24.0 Å². The number of hydrogen-bond acceptors (Lipinski definition) is 6. The summed E-state index contributed by atoms with van der Waals surface area (Å²) in [5.74, 6) is -0.232. The summed E-state index contributed by atoms with van der Waals surface area (Å²) >= 11 is 0. The second-order valence-corrected chi connectivity index (χ2v) is 9.80. The van der Waals surface area contributed by atoms with E-state index in [1.807, 2.05) is 4.90 Å². The van der Waals surface area contributed by atoms with Gasteiger partial charge in [0.1, 0.15) is 0 Å². The van der Waals surface area contributed by atoms with Crippen LogP contribution in [0.15, 0.2) is 18.3 Å². The lowest BCUT2D eigenvalue weighted by atomic mass is 9.73. The van der Waals surface area contributed by atoms with Gasteiger partial charge in [0, 0.05) is 45.3 Å². The van der Waals surface area contributed by atoms with Gasteiger partial charge in [-0.05, 0) is 50.2 Å². The quantitative estimate of drug-likeness (QED) is 0.624. The minimum atomic E-state index is -0.536. The van der Waals surface area contributed by atoms with Crippen molar-refractivity contribution in [2.24, 2.45) is 11.3 Å². The van der Waals surface area contributed by atoms with Gasteiger partial charge in [0.15, 0.2) is 5.69 Å². The SMILES string of the molecule is CC(=O)N1CCC2(CCCC[C@H]3CN(C(=O)c4cccnn4)CC[C@H]3NC(=O)CNC2=O)CC1. The first-order chi connectivity index (χ1) is 16.4. The third-order valence-corrected chi connectivity index (χ3v) is 7.70. The molecule has 10 heteroatoms. The molecule has 0 unspecified atom stereocenters. The molecule has 2 atom stereocenters. The highest BCUT2D eigenvalue weighted by molar-refractivity contribution is 5.92. The molecule has 4 rings (SSSR count). The zero-order chi connectivity index (χ0) is 24.1. The highest BCUT2D eigenvalue weighted by Gasteiger charge is 2.42. The second-order valence-electron chi connectivity index (χ2n) is 9.80. The number of likely N-dealkylation sites (tertiary alicyclic amines) is 2. The minimum Gasteiger partial charge on any atom is -0.351 e. The normalized spacial score (nSPS) is 25.9. The van der Waals surface area contributed by atoms with Gasteiger partial charge in [-0.25, -0.2) is 0 Å². The Kier molecular flexibility index (Phi) is 7.43. The molecule has 184 valence electrons. The summed E-state index contributed by atoms with van der Waals surface area (Å²) in [6.07, 6.45) is 6.86. The number of nitrogens with one attached hydrogen (secondary N) is 2. The zero-order valence-electron chi connectivity index (χ0n) is 19.8. The lowest BCUT2D eigenvalue weighted by Gasteiger charge is -2.42. The van der Waals surface area contributed by atoms with Crippen LogP contribution in [0.25, 0.3) is 0 Å². The van der Waals surface area contributed by atoms with E-state index < -0.39 is 5.41 Å². The molecule has 1 spiro atoms. The van der Waals surface area contributed by atoms with E-state index in [9.17, 15) is 19.2 Å². The first-order valence-corrected chi connectivity index (χ1v) is 12.3. The molecular formula is C24H34N6O4. The molecule has 0 aromatic carbocycles. The first kappa shape index (κ1) is 24.1. The highest BCUT2D eigenvalue weighted by Crippen LogP contribution is 2.38. The maximum Gasteiger partial charge on any atom is 0.274 e. The average Bonchev–Trinajstić information content (AvgIpc) is 2.85. The molecule has 1 aromatic heterocycles. The van der Waals surface area contributed by atoms with Crippen molar-refractivity contribution in [3.63, 3.8) is 0 Å². The summed E-state index contributed by atoms with van der Waals surface area (Å²) in [4.78, 5) is 54.0. The minimum absolute atomic E-state index is 0.0255. The van der Waals surface area contributed by atoms with Crippen molar-refractivity contribution in [1.82, 2.24) is 30.6 Å². The van der Waals surface area contributed by atoms with Gasteiger partial charge in [-0.1, -0.05) is 12.8 Å². The topological polar surface area (TPSA) is 125 Å². The molecule has 3 saturated heterocycles. The third-order valence-electron chi connectivity index (χ3n) is 7.70. The Morgan fingerprint density at radius 3 is 2.56 bits per heavy atom. The fraction of sp³-hybridized carbons (Fsp3) is 0.667. The van der Waals surface area contributed by atoms with Crippen molar-refractivity contribution >= 4 is 23.6 Å². The van der Waals surface area contributed by atoms with Crippen molar-refractivity contribution in [3.8, 4) is 0 Å². The number of carbonyl (C=O) groups excluding carboxylic acids is 4. The predicted octanol–water partition coefficient (Wildman–Crippen LogP) is 0.742. The molecule has 2 N–H and O–H groups in total. The fourth-order valence-corrected chi connectivity index (χ4v) is 5.59. The Labute approximate surface area is 199 Å². The number of rotatable bonds is 1. The van der Waals surface area contributed by atoms with Gasteiger partial charge in [-0.15, -0.1) is 5.10 Å². The number of fused-ring (bicyclic) bond motifs is 1. The van der Waals surface area contributed by atoms with E-state index in [0.717, 1.165) is 25.7 Å². The van der Waals surface area contributed by atoms with Crippen molar-refractivity contribution in [1.29, 1.82) is 0 Å². The molecule has 3 fully saturated rings.